The average Bonchev–Trinajstić information content (AvgIpc) is 2.10. The number of nitrogens with zero attached hydrogens (tertiary/aromatic N) is 1. The first-order valence-corrected chi connectivity index (χ1v) is 5.53. The third-order valence-electron chi connectivity index (χ3n) is 2.58. The molecule has 80 valence electrons. The molecule has 0 heterocycles. The van der Waals surface area contributed by atoms with Gasteiger partial charge in [-0.15, -0.1) is 0 Å². The molecule has 0 saturated heterocycles. The Kier molecular flexibility index (Phi) is 7.29. The second-order valence-electron chi connectivity index (χ2n) is 3.91. The Morgan fingerprint density at radius 3 is 2.15 bits per heavy atom. The molecule has 0 aliphatic carbocycles. The van der Waals surface area contributed by atoms with Crippen molar-refractivity contribution < 1.29 is 5.11 Å². The minimum absolute atomic E-state index is 0.276. The minimum Gasteiger partial charge on any atom is -0.395 e. The predicted molar refractivity (Wildman–Crippen MR) is 57.9 cm³/mol. The largest absolute Gasteiger partial charge is 0.395 e. The van der Waals surface area contributed by atoms with Crippen molar-refractivity contribution in [2.24, 2.45) is 0 Å². The molecule has 2 heteroatoms. The minimum atomic E-state index is 0.276. The highest BCUT2D eigenvalue weighted by atomic mass is 16.3. The van der Waals surface area contributed by atoms with Gasteiger partial charge in [0.2, 0.25) is 0 Å². The number of hydrogen-bond donors (Lipinski definition) is 1. The van der Waals surface area contributed by atoms with Gasteiger partial charge in [0, 0.05) is 18.6 Å². The van der Waals surface area contributed by atoms with Gasteiger partial charge in [-0.3, -0.25) is 4.90 Å². The van der Waals surface area contributed by atoms with E-state index in [4.69, 9.17) is 5.11 Å². The van der Waals surface area contributed by atoms with Crippen molar-refractivity contribution in [3.63, 3.8) is 0 Å². The third kappa shape index (κ3) is 4.63. The summed E-state index contributed by atoms with van der Waals surface area (Å²) < 4.78 is 0. The highest BCUT2D eigenvalue weighted by Gasteiger charge is 2.17. The lowest BCUT2D eigenvalue weighted by molar-refractivity contribution is 0.109. The highest BCUT2D eigenvalue weighted by molar-refractivity contribution is 4.72. The predicted octanol–water partition coefficient (Wildman–Crippen LogP) is 2.27. The van der Waals surface area contributed by atoms with Gasteiger partial charge in [0.1, 0.15) is 0 Å². The van der Waals surface area contributed by atoms with Crippen LogP contribution in [0.4, 0.5) is 0 Å². The van der Waals surface area contributed by atoms with E-state index in [1.165, 1.54) is 19.3 Å². The number of rotatable bonds is 7. The molecule has 0 spiro atoms. The molecule has 0 aliphatic rings. The van der Waals surface area contributed by atoms with Crippen molar-refractivity contribution in [2.75, 3.05) is 13.2 Å². The second kappa shape index (κ2) is 7.34. The molecule has 0 saturated carbocycles. The average molecular weight is 187 g/mol. The van der Waals surface area contributed by atoms with Crippen molar-refractivity contribution in [3.05, 3.63) is 0 Å². The molecule has 0 rings (SSSR count). The van der Waals surface area contributed by atoms with E-state index in [1.807, 2.05) is 0 Å². The summed E-state index contributed by atoms with van der Waals surface area (Å²) in [6.45, 7) is 9.95. The van der Waals surface area contributed by atoms with E-state index in [-0.39, 0.29) is 6.61 Å². The molecule has 2 nitrogen and oxygen atoms in total. The molecule has 0 aromatic heterocycles. The Morgan fingerprint density at radius 2 is 1.85 bits per heavy atom. The maximum Gasteiger partial charge on any atom is 0.0558 e. The Labute approximate surface area is 82.9 Å². The number of hydrogen-bond acceptors (Lipinski definition) is 2. The molecule has 0 amide bonds. The summed E-state index contributed by atoms with van der Waals surface area (Å²) in [6.07, 6.45) is 3.66. The maximum absolute atomic E-state index is 8.96. The summed E-state index contributed by atoms with van der Waals surface area (Å²) in [5, 5.41) is 8.96. The first-order valence-electron chi connectivity index (χ1n) is 5.53. The van der Waals surface area contributed by atoms with Gasteiger partial charge < -0.3 is 5.11 Å². The molecule has 0 fully saturated rings. The Balaban J connectivity index is 4.11. The fourth-order valence-electron chi connectivity index (χ4n) is 1.92. The van der Waals surface area contributed by atoms with Gasteiger partial charge in [-0.05, 0) is 26.7 Å². The van der Waals surface area contributed by atoms with Crippen LogP contribution in [0, 0.1) is 0 Å². The molecule has 0 radical (unpaired) electrons. The van der Waals surface area contributed by atoms with Crippen LogP contribution in [0.25, 0.3) is 0 Å². The van der Waals surface area contributed by atoms with Gasteiger partial charge in [0.25, 0.3) is 0 Å². The summed E-state index contributed by atoms with van der Waals surface area (Å²) in [7, 11) is 0. The molecule has 0 aromatic carbocycles. The van der Waals surface area contributed by atoms with Crippen LogP contribution >= 0.6 is 0 Å². The lowest BCUT2D eigenvalue weighted by Gasteiger charge is -2.33. The van der Waals surface area contributed by atoms with Gasteiger partial charge >= 0.3 is 0 Å². The molecule has 0 aromatic rings. The SMILES string of the molecule is CCC[C@H](CC)N(CCO)C(C)C. The van der Waals surface area contributed by atoms with E-state index in [2.05, 4.69) is 32.6 Å². The summed E-state index contributed by atoms with van der Waals surface area (Å²) in [5.41, 5.74) is 0. The van der Waals surface area contributed by atoms with Crippen LogP contribution in [0.2, 0.25) is 0 Å². The summed E-state index contributed by atoms with van der Waals surface area (Å²) in [5.74, 6) is 0. The quantitative estimate of drug-likeness (QED) is 0.661. The lowest BCUT2D eigenvalue weighted by Crippen LogP contribution is -2.41. The molecule has 0 aliphatic heterocycles. The molecule has 1 atom stereocenters. The van der Waals surface area contributed by atoms with Gasteiger partial charge in [-0.2, -0.15) is 0 Å². The summed E-state index contributed by atoms with van der Waals surface area (Å²) >= 11 is 0. The third-order valence-corrected chi connectivity index (χ3v) is 2.58. The Morgan fingerprint density at radius 1 is 1.23 bits per heavy atom. The summed E-state index contributed by atoms with van der Waals surface area (Å²) in [4.78, 5) is 2.41. The van der Waals surface area contributed by atoms with Crippen LogP contribution in [0.15, 0.2) is 0 Å². The van der Waals surface area contributed by atoms with E-state index in [9.17, 15) is 0 Å². The van der Waals surface area contributed by atoms with Crippen molar-refractivity contribution in [1.82, 2.24) is 4.90 Å². The van der Waals surface area contributed by atoms with E-state index in [1.54, 1.807) is 0 Å². The van der Waals surface area contributed by atoms with Gasteiger partial charge in [-0.1, -0.05) is 20.3 Å². The van der Waals surface area contributed by atoms with Crippen LogP contribution in [-0.2, 0) is 0 Å². The maximum atomic E-state index is 8.96. The van der Waals surface area contributed by atoms with E-state index in [0.717, 1.165) is 6.54 Å². The lowest BCUT2D eigenvalue weighted by atomic mass is 10.1. The van der Waals surface area contributed by atoms with E-state index < -0.39 is 0 Å². The molecule has 0 unspecified atom stereocenters. The van der Waals surface area contributed by atoms with Crippen LogP contribution in [0.1, 0.15) is 47.0 Å². The first kappa shape index (κ1) is 12.9. The molecular weight excluding hydrogens is 162 g/mol. The molecular formula is C11H25NO. The highest BCUT2D eigenvalue weighted by Crippen LogP contribution is 2.13. The van der Waals surface area contributed by atoms with Crippen LogP contribution in [0.5, 0.6) is 0 Å². The zero-order chi connectivity index (χ0) is 10.3. The monoisotopic (exact) mass is 187 g/mol. The van der Waals surface area contributed by atoms with Gasteiger partial charge in [0.15, 0.2) is 0 Å². The molecule has 0 bridgehead atoms. The van der Waals surface area contributed by atoms with E-state index >= 15 is 0 Å². The van der Waals surface area contributed by atoms with Crippen LogP contribution in [-0.4, -0.2) is 35.2 Å². The van der Waals surface area contributed by atoms with E-state index in [0.29, 0.717) is 12.1 Å². The topological polar surface area (TPSA) is 23.5 Å². The fraction of sp³-hybridized carbons (Fsp3) is 1.00. The number of aliphatic hydroxyl groups is 1. The van der Waals surface area contributed by atoms with Crippen molar-refractivity contribution in [3.8, 4) is 0 Å². The standard InChI is InChI=1S/C11H25NO/c1-5-7-11(6-2)12(8-9-13)10(3)4/h10-11,13H,5-9H2,1-4H3/t11-/m0/s1. The smallest absolute Gasteiger partial charge is 0.0558 e. The fourth-order valence-corrected chi connectivity index (χ4v) is 1.92. The van der Waals surface area contributed by atoms with Crippen molar-refractivity contribution >= 4 is 0 Å². The van der Waals surface area contributed by atoms with Gasteiger partial charge in [-0.25, -0.2) is 0 Å². The Bertz CT molecular complexity index is 115. The first-order chi connectivity index (χ1) is 6.17. The van der Waals surface area contributed by atoms with Crippen LogP contribution in [0.3, 0.4) is 0 Å². The zero-order valence-corrected chi connectivity index (χ0v) is 9.58. The van der Waals surface area contributed by atoms with Gasteiger partial charge in [0.05, 0.1) is 6.61 Å². The number of aliphatic hydroxyl groups excluding tert-OH is 1. The van der Waals surface area contributed by atoms with Crippen LogP contribution < -0.4 is 0 Å². The van der Waals surface area contributed by atoms with Crippen molar-refractivity contribution in [1.29, 1.82) is 0 Å². The second-order valence-corrected chi connectivity index (χ2v) is 3.91. The summed E-state index contributed by atoms with van der Waals surface area (Å²) in [6, 6.07) is 1.20. The van der Waals surface area contributed by atoms with Crippen molar-refractivity contribution in [2.45, 2.75) is 59.0 Å². The Hall–Kier alpha value is -0.0800. The zero-order valence-electron chi connectivity index (χ0n) is 9.58. The normalized spacial score (nSPS) is 14.1. The molecule has 13 heavy (non-hydrogen) atoms. The molecule has 1 N–H and O–H groups in total.